The summed E-state index contributed by atoms with van der Waals surface area (Å²) >= 11 is 1.60. The fourth-order valence-electron chi connectivity index (χ4n) is 2.09. The first-order chi connectivity index (χ1) is 9.96. The van der Waals surface area contributed by atoms with Gasteiger partial charge in [0.1, 0.15) is 0 Å². The van der Waals surface area contributed by atoms with Crippen molar-refractivity contribution < 1.29 is 8.42 Å². The minimum Gasteiger partial charge on any atom is -0.317 e. The fourth-order valence-corrected chi connectivity index (χ4v) is 4.60. The van der Waals surface area contributed by atoms with E-state index >= 15 is 0 Å². The number of thiophene rings is 1. The lowest BCUT2D eigenvalue weighted by Crippen LogP contribution is -2.33. The van der Waals surface area contributed by atoms with Gasteiger partial charge in [0.05, 0.1) is 11.8 Å². The van der Waals surface area contributed by atoms with Gasteiger partial charge >= 0.3 is 0 Å². The molecule has 1 rings (SSSR count). The highest BCUT2D eigenvalue weighted by Gasteiger charge is 2.22. The number of hydrogen-bond donors (Lipinski definition) is 2. The maximum Gasteiger partial charge on any atom is 0.212 e. The van der Waals surface area contributed by atoms with Crippen molar-refractivity contribution in [2.24, 2.45) is 5.92 Å². The van der Waals surface area contributed by atoms with E-state index in [2.05, 4.69) is 17.0 Å². The van der Waals surface area contributed by atoms with Crippen LogP contribution in [0.25, 0.3) is 0 Å². The van der Waals surface area contributed by atoms with Crippen molar-refractivity contribution in [1.82, 2.24) is 10.0 Å². The normalized spacial score (nSPS) is 13.7. The van der Waals surface area contributed by atoms with Crippen LogP contribution in [0.5, 0.6) is 0 Å². The molecule has 1 aromatic rings. The molecule has 0 aliphatic heterocycles. The second-order valence-corrected chi connectivity index (χ2v) is 8.48. The average Bonchev–Trinajstić information content (AvgIpc) is 2.93. The lowest BCUT2D eigenvalue weighted by atomic mass is 10.0. The van der Waals surface area contributed by atoms with Gasteiger partial charge in [0.25, 0.3) is 0 Å². The lowest BCUT2D eigenvalue weighted by Gasteiger charge is -2.21. The Balaban J connectivity index is 2.43. The molecule has 0 aliphatic rings. The summed E-state index contributed by atoms with van der Waals surface area (Å²) in [5, 5.41) is 5.27. The Morgan fingerprint density at radius 2 is 2.00 bits per heavy atom. The van der Waals surface area contributed by atoms with Gasteiger partial charge in [0.15, 0.2) is 0 Å². The van der Waals surface area contributed by atoms with Crippen molar-refractivity contribution in [2.75, 3.05) is 18.8 Å². The predicted molar refractivity (Wildman–Crippen MR) is 91.2 cm³/mol. The van der Waals surface area contributed by atoms with E-state index in [-0.39, 0.29) is 17.7 Å². The predicted octanol–water partition coefficient (Wildman–Crippen LogP) is 3.14. The first-order valence-corrected chi connectivity index (χ1v) is 10.2. The van der Waals surface area contributed by atoms with Gasteiger partial charge in [-0.3, -0.25) is 0 Å². The van der Waals surface area contributed by atoms with Crippen LogP contribution in [0.15, 0.2) is 17.5 Å². The minimum absolute atomic E-state index is 0.117. The Morgan fingerprint density at radius 3 is 2.57 bits per heavy atom. The molecule has 0 saturated heterocycles. The molecule has 1 heterocycles. The van der Waals surface area contributed by atoms with Crippen LogP contribution < -0.4 is 10.0 Å². The van der Waals surface area contributed by atoms with Crippen LogP contribution in [-0.2, 0) is 10.0 Å². The van der Waals surface area contributed by atoms with Gasteiger partial charge in [0, 0.05) is 4.88 Å². The van der Waals surface area contributed by atoms with Crippen LogP contribution in [0.4, 0.5) is 0 Å². The van der Waals surface area contributed by atoms with Crippen LogP contribution >= 0.6 is 11.3 Å². The third-order valence-corrected chi connectivity index (χ3v) is 5.66. The van der Waals surface area contributed by atoms with Crippen LogP contribution in [0.1, 0.15) is 51.0 Å². The molecule has 0 spiro atoms. The van der Waals surface area contributed by atoms with Gasteiger partial charge in [-0.05, 0) is 49.7 Å². The van der Waals surface area contributed by atoms with Crippen molar-refractivity contribution in [3.63, 3.8) is 0 Å². The SMILES string of the molecule is CCCNCCCCS(=O)(=O)NC(c1cccs1)C(C)C. The Morgan fingerprint density at radius 1 is 1.24 bits per heavy atom. The topological polar surface area (TPSA) is 58.2 Å². The largest absolute Gasteiger partial charge is 0.317 e. The summed E-state index contributed by atoms with van der Waals surface area (Å²) in [5.41, 5.74) is 0. The van der Waals surface area contributed by atoms with E-state index < -0.39 is 10.0 Å². The van der Waals surface area contributed by atoms with E-state index in [1.54, 1.807) is 11.3 Å². The third kappa shape index (κ3) is 7.40. The van der Waals surface area contributed by atoms with Gasteiger partial charge < -0.3 is 5.32 Å². The van der Waals surface area contributed by atoms with Crippen molar-refractivity contribution in [3.05, 3.63) is 22.4 Å². The number of sulfonamides is 1. The van der Waals surface area contributed by atoms with Crippen LogP contribution in [0, 0.1) is 5.92 Å². The summed E-state index contributed by atoms with van der Waals surface area (Å²) in [5.74, 6) is 0.444. The summed E-state index contributed by atoms with van der Waals surface area (Å²) < 4.78 is 27.3. The average molecular weight is 333 g/mol. The highest BCUT2D eigenvalue weighted by Crippen LogP contribution is 2.26. The van der Waals surface area contributed by atoms with Crippen LogP contribution in [0.3, 0.4) is 0 Å². The smallest absolute Gasteiger partial charge is 0.212 e. The summed E-state index contributed by atoms with van der Waals surface area (Å²) in [6.07, 6.45) is 2.70. The van der Waals surface area contributed by atoms with E-state index in [1.165, 1.54) is 0 Å². The first-order valence-electron chi connectivity index (χ1n) is 7.70. The quantitative estimate of drug-likeness (QED) is 0.612. The van der Waals surface area contributed by atoms with E-state index in [1.807, 2.05) is 31.4 Å². The summed E-state index contributed by atoms with van der Waals surface area (Å²) in [7, 11) is -3.22. The molecule has 6 heteroatoms. The highest BCUT2D eigenvalue weighted by molar-refractivity contribution is 7.89. The van der Waals surface area contributed by atoms with Gasteiger partial charge in [-0.2, -0.15) is 0 Å². The maximum absolute atomic E-state index is 12.2. The van der Waals surface area contributed by atoms with E-state index in [4.69, 9.17) is 0 Å². The molecule has 0 bridgehead atoms. The molecule has 21 heavy (non-hydrogen) atoms. The number of unbranched alkanes of at least 4 members (excludes halogenated alkanes) is 1. The molecular weight excluding hydrogens is 304 g/mol. The number of rotatable bonds is 11. The molecule has 0 aliphatic carbocycles. The Bertz CT molecular complexity index is 470. The fraction of sp³-hybridized carbons (Fsp3) is 0.733. The van der Waals surface area contributed by atoms with E-state index in [0.29, 0.717) is 6.42 Å². The number of hydrogen-bond acceptors (Lipinski definition) is 4. The zero-order valence-electron chi connectivity index (χ0n) is 13.3. The second-order valence-electron chi connectivity index (χ2n) is 5.63. The molecular formula is C15H28N2O2S2. The van der Waals surface area contributed by atoms with Crippen molar-refractivity contribution in [3.8, 4) is 0 Å². The lowest BCUT2D eigenvalue weighted by molar-refractivity contribution is 0.468. The summed E-state index contributed by atoms with van der Waals surface area (Å²) in [6.45, 7) is 8.10. The van der Waals surface area contributed by atoms with Crippen LogP contribution in [-0.4, -0.2) is 27.3 Å². The molecule has 2 N–H and O–H groups in total. The van der Waals surface area contributed by atoms with E-state index in [0.717, 1.165) is 30.8 Å². The van der Waals surface area contributed by atoms with Crippen molar-refractivity contribution >= 4 is 21.4 Å². The third-order valence-electron chi connectivity index (χ3n) is 3.27. The van der Waals surface area contributed by atoms with Crippen LogP contribution in [0.2, 0.25) is 0 Å². The standard InChI is InChI=1S/C15H28N2O2S2/c1-4-9-16-10-5-6-12-21(18,19)17-15(13(2)3)14-8-7-11-20-14/h7-8,11,13,15-17H,4-6,9-10,12H2,1-3H3. The van der Waals surface area contributed by atoms with E-state index in [9.17, 15) is 8.42 Å². The molecule has 0 aromatic carbocycles. The molecule has 122 valence electrons. The van der Waals surface area contributed by atoms with Gasteiger partial charge in [-0.1, -0.05) is 26.8 Å². The Kier molecular flexibility index (Phi) is 8.48. The highest BCUT2D eigenvalue weighted by atomic mass is 32.2. The first kappa shape index (κ1) is 18.6. The monoisotopic (exact) mass is 332 g/mol. The molecule has 4 nitrogen and oxygen atoms in total. The zero-order chi connectivity index (χ0) is 15.7. The zero-order valence-corrected chi connectivity index (χ0v) is 14.9. The van der Waals surface area contributed by atoms with Gasteiger partial charge in [-0.15, -0.1) is 11.3 Å². The Labute approximate surface area is 133 Å². The molecule has 1 aromatic heterocycles. The van der Waals surface area contributed by atoms with Crippen molar-refractivity contribution in [1.29, 1.82) is 0 Å². The molecule has 0 amide bonds. The molecule has 0 radical (unpaired) electrons. The molecule has 0 fully saturated rings. The molecule has 0 saturated carbocycles. The minimum atomic E-state index is -3.22. The maximum atomic E-state index is 12.2. The molecule has 1 atom stereocenters. The van der Waals surface area contributed by atoms with Gasteiger partial charge in [-0.25, -0.2) is 13.1 Å². The van der Waals surface area contributed by atoms with Gasteiger partial charge in [0.2, 0.25) is 10.0 Å². The van der Waals surface area contributed by atoms with Crippen molar-refractivity contribution in [2.45, 2.75) is 46.1 Å². The second kappa shape index (κ2) is 9.56. The number of nitrogens with one attached hydrogen (secondary N) is 2. The summed E-state index contributed by atoms with van der Waals surface area (Å²) in [4.78, 5) is 1.08. The molecule has 1 unspecified atom stereocenters. The Hall–Kier alpha value is -0.430. The summed E-state index contributed by atoms with van der Waals surface area (Å²) in [6, 6.07) is 3.84.